The molecule has 0 radical (unpaired) electrons. The summed E-state index contributed by atoms with van der Waals surface area (Å²) in [5.41, 5.74) is 0.563. The van der Waals surface area contributed by atoms with E-state index in [2.05, 4.69) is 4.72 Å². The van der Waals surface area contributed by atoms with Crippen molar-refractivity contribution in [3.05, 3.63) is 46.6 Å². The molecule has 0 atom stereocenters. The number of aromatic hydroxyl groups is 1. The van der Waals surface area contributed by atoms with Crippen molar-refractivity contribution in [1.82, 2.24) is 0 Å². The van der Waals surface area contributed by atoms with Crippen LogP contribution in [0.4, 0.5) is 5.69 Å². The molecule has 0 saturated heterocycles. The number of phenolic OH excluding ortho intramolecular Hbond substituents is 1. The highest BCUT2D eigenvalue weighted by molar-refractivity contribution is 7.92. The Balaban J connectivity index is 2.15. The number of hydrogen-bond donors (Lipinski definition) is 2. The predicted molar refractivity (Wildman–Crippen MR) is 115 cm³/mol. The second-order valence-electron chi connectivity index (χ2n) is 6.86. The van der Waals surface area contributed by atoms with Gasteiger partial charge in [0.2, 0.25) is 15.8 Å². The van der Waals surface area contributed by atoms with E-state index in [1.54, 1.807) is 31.2 Å². The molecule has 8 nitrogen and oxygen atoms in total. The molecular weight excluding hydrogens is 410 g/mol. The molecule has 2 N–H and O–H groups in total. The molecule has 160 valence electrons. The number of fused-ring (bicyclic) bond motifs is 1. The van der Waals surface area contributed by atoms with Crippen LogP contribution in [0.2, 0.25) is 0 Å². The summed E-state index contributed by atoms with van der Waals surface area (Å²) in [6.45, 7) is 5.17. The van der Waals surface area contributed by atoms with Crippen LogP contribution < -0.4 is 19.6 Å². The minimum atomic E-state index is -3.40. The van der Waals surface area contributed by atoms with E-state index in [4.69, 9.17) is 13.9 Å². The molecule has 0 aliphatic heterocycles. The predicted octanol–water partition coefficient (Wildman–Crippen LogP) is 3.72. The van der Waals surface area contributed by atoms with E-state index < -0.39 is 15.5 Å². The maximum absolute atomic E-state index is 12.7. The van der Waals surface area contributed by atoms with Gasteiger partial charge in [0.15, 0.2) is 16.8 Å². The number of benzene rings is 2. The summed E-state index contributed by atoms with van der Waals surface area (Å²) in [5, 5.41) is 10.3. The fourth-order valence-electron chi connectivity index (χ4n) is 2.87. The second kappa shape index (κ2) is 8.27. The number of phenols is 1. The van der Waals surface area contributed by atoms with Crippen molar-refractivity contribution in [3.8, 4) is 28.6 Å². The van der Waals surface area contributed by atoms with Crippen molar-refractivity contribution in [2.45, 2.75) is 26.9 Å². The first-order valence-corrected chi connectivity index (χ1v) is 11.0. The Morgan fingerprint density at radius 1 is 1.17 bits per heavy atom. The topological polar surface area (TPSA) is 115 Å². The van der Waals surface area contributed by atoms with E-state index in [9.17, 15) is 18.3 Å². The van der Waals surface area contributed by atoms with Crippen molar-refractivity contribution < 1.29 is 27.4 Å². The van der Waals surface area contributed by atoms with Gasteiger partial charge in [-0.2, -0.15) is 0 Å². The Morgan fingerprint density at radius 3 is 2.40 bits per heavy atom. The van der Waals surface area contributed by atoms with Gasteiger partial charge in [-0.15, -0.1) is 0 Å². The van der Waals surface area contributed by atoms with Crippen LogP contribution in [0.1, 0.15) is 20.8 Å². The highest BCUT2D eigenvalue weighted by atomic mass is 32.2. The number of hydrogen-bond acceptors (Lipinski definition) is 7. The van der Waals surface area contributed by atoms with E-state index in [0.717, 1.165) is 0 Å². The molecule has 0 amide bonds. The highest BCUT2D eigenvalue weighted by Crippen LogP contribution is 2.41. The maximum atomic E-state index is 12.7. The number of methoxy groups -OCH3 is 1. The Labute approximate surface area is 174 Å². The van der Waals surface area contributed by atoms with Gasteiger partial charge in [-0.3, -0.25) is 9.52 Å². The summed E-state index contributed by atoms with van der Waals surface area (Å²) >= 11 is 0. The number of nitrogens with one attached hydrogen (secondary N) is 1. The number of sulfonamides is 1. The molecule has 9 heteroatoms. The molecule has 3 rings (SSSR count). The fraction of sp³-hybridized carbons (Fsp3) is 0.286. The van der Waals surface area contributed by atoms with E-state index in [1.165, 1.54) is 19.2 Å². The molecule has 0 unspecified atom stereocenters. The zero-order chi connectivity index (χ0) is 22.1. The summed E-state index contributed by atoms with van der Waals surface area (Å²) in [6, 6.07) is 8.97. The number of ether oxygens (including phenoxy) is 2. The minimum Gasteiger partial charge on any atom is -0.507 e. The Kier molecular flexibility index (Phi) is 5.93. The van der Waals surface area contributed by atoms with Crippen LogP contribution in [0.3, 0.4) is 0 Å². The standard InChI is InChI=1S/C21H23NO7S/c1-5-30(25,26)22-14-8-6-13(7-9-14)17-10-15(23)19-16(24)11-18(27-4)20(21(19)29-17)28-12(2)3/h6-12,22,24H,5H2,1-4H3. The van der Waals surface area contributed by atoms with Gasteiger partial charge in [-0.05, 0) is 45.0 Å². The molecule has 1 aromatic heterocycles. The SMILES string of the molecule is CCS(=O)(=O)Nc1ccc(-c2cc(=O)c3c(O)cc(OC)c(OC(C)C)c3o2)cc1. The molecule has 0 fully saturated rings. The van der Waals surface area contributed by atoms with Crippen LogP contribution in [-0.2, 0) is 10.0 Å². The number of rotatable bonds is 7. The Bertz CT molecular complexity index is 1230. The summed E-state index contributed by atoms with van der Waals surface area (Å²) < 4.78 is 42.9. The first kappa shape index (κ1) is 21.5. The zero-order valence-corrected chi connectivity index (χ0v) is 17.9. The first-order valence-electron chi connectivity index (χ1n) is 9.30. The molecule has 2 aromatic carbocycles. The van der Waals surface area contributed by atoms with Gasteiger partial charge in [-0.25, -0.2) is 8.42 Å². The Hall–Kier alpha value is -3.20. The summed E-state index contributed by atoms with van der Waals surface area (Å²) in [5.74, 6) is 0.365. The molecule has 3 aromatic rings. The first-order chi connectivity index (χ1) is 14.1. The minimum absolute atomic E-state index is 0.0115. The lowest BCUT2D eigenvalue weighted by Gasteiger charge is -2.16. The third-order valence-corrected chi connectivity index (χ3v) is 5.60. The molecular formula is C21H23NO7S. The largest absolute Gasteiger partial charge is 0.507 e. The zero-order valence-electron chi connectivity index (χ0n) is 17.1. The van der Waals surface area contributed by atoms with Gasteiger partial charge < -0.3 is 19.0 Å². The van der Waals surface area contributed by atoms with Crippen LogP contribution >= 0.6 is 0 Å². The van der Waals surface area contributed by atoms with Gasteiger partial charge in [0.1, 0.15) is 16.9 Å². The van der Waals surface area contributed by atoms with Crippen molar-refractivity contribution in [2.75, 3.05) is 17.6 Å². The molecule has 0 aliphatic carbocycles. The van der Waals surface area contributed by atoms with Crippen LogP contribution in [0.25, 0.3) is 22.3 Å². The normalized spacial score (nSPS) is 11.6. The summed E-state index contributed by atoms with van der Waals surface area (Å²) in [4.78, 5) is 12.7. The lowest BCUT2D eigenvalue weighted by atomic mass is 10.1. The molecule has 30 heavy (non-hydrogen) atoms. The average Bonchev–Trinajstić information content (AvgIpc) is 2.69. The maximum Gasteiger partial charge on any atom is 0.232 e. The highest BCUT2D eigenvalue weighted by Gasteiger charge is 2.21. The molecule has 0 bridgehead atoms. The van der Waals surface area contributed by atoms with Crippen LogP contribution in [0.5, 0.6) is 17.2 Å². The number of anilines is 1. The van der Waals surface area contributed by atoms with Crippen LogP contribution in [-0.4, -0.2) is 32.5 Å². The van der Waals surface area contributed by atoms with E-state index in [-0.39, 0.29) is 45.8 Å². The summed E-state index contributed by atoms with van der Waals surface area (Å²) in [7, 11) is -1.97. The molecule has 0 spiro atoms. The molecule has 0 aliphatic rings. The van der Waals surface area contributed by atoms with Crippen LogP contribution in [0.15, 0.2) is 45.6 Å². The van der Waals surface area contributed by atoms with Crippen molar-refractivity contribution >= 4 is 26.7 Å². The monoisotopic (exact) mass is 433 g/mol. The average molecular weight is 433 g/mol. The summed E-state index contributed by atoms with van der Waals surface area (Å²) in [6.07, 6.45) is -0.230. The van der Waals surface area contributed by atoms with Gasteiger partial charge in [0.05, 0.1) is 19.0 Å². The lowest BCUT2D eigenvalue weighted by molar-refractivity contribution is 0.229. The Morgan fingerprint density at radius 2 is 1.83 bits per heavy atom. The van der Waals surface area contributed by atoms with E-state index >= 15 is 0 Å². The smallest absolute Gasteiger partial charge is 0.232 e. The van der Waals surface area contributed by atoms with Crippen molar-refractivity contribution in [2.24, 2.45) is 0 Å². The van der Waals surface area contributed by atoms with Crippen LogP contribution in [0, 0.1) is 0 Å². The molecule has 0 saturated carbocycles. The van der Waals surface area contributed by atoms with Gasteiger partial charge in [0, 0.05) is 23.4 Å². The quantitative estimate of drug-likeness (QED) is 0.583. The van der Waals surface area contributed by atoms with E-state index in [1.807, 2.05) is 13.8 Å². The van der Waals surface area contributed by atoms with Gasteiger partial charge in [0.25, 0.3) is 0 Å². The van der Waals surface area contributed by atoms with E-state index in [0.29, 0.717) is 11.3 Å². The van der Waals surface area contributed by atoms with Crippen molar-refractivity contribution in [1.29, 1.82) is 0 Å². The third kappa shape index (κ3) is 4.35. The fourth-order valence-corrected chi connectivity index (χ4v) is 3.50. The van der Waals surface area contributed by atoms with Gasteiger partial charge >= 0.3 is 0 Å². The third-order valence-electron chi connectivity index (χ3n) is 4.30. The van der Waals surface area contributed by atoms with Crippen molar-refractivity contribution in [3.63, 3.8) is 0 Å². The molecule has 1 heterocycles. The second-order valence-corrected chi connectivity index (χ2v) is 8.87. The van der Waals surface area contributed by atoms with Gasteiger partial charge in [-0.1, -0.05) is 0 Å². The lowest BCUT2D eigenvalue weighted by Crippen LogP contribution is -2.14.